The fraction of sp³-hybridized carbons (Fsp3) is 0.833. The number of carbonyl (C=O) groups excluding carboxylic acids is 1. The largest absolute Gasteiger partial charge is 0.395 e. The van der Waals surface area contributed by atoms with E-state index in [0.717, 1.165) is 0 Å². The Balaban J connectivity index is 3.26. The van der Waals surface area contributed by atoms with Crippen LogP contribution in [0.15, 0.2) is 0 Å². The number of carbonyl (C=O) groups is 1. The first-order valence-electron chi connectivity index (χ1n) is 3.22. The second-order valence-electron chi connectivity index (χ2n) is 2.13. The zero-order valence-electron chi connectivity index (χ0n) is 6.00. The Morgan fingerprint density at radius 1 is 1.70 bits per heavy atom. The molecule has 4 heteroatoms. The van der Waals surface area contributed by atoms with E-state index < -0.39 is 6.10 Å². The van der Waals surface area contributed by atoms with Crippen LogP contribution in [0.25, 0.3) is 0 Å². The molecular weight excluding hydrogens is 134 g/mol. The fourth-order valence-corrected chi connectivity index (χ4v) is 0.536. The van der Waals surface area contributed by atoms with Crippen LogP contribution in [0.4, 0.5) is 0 Å². The molecule has 0 aromatic rings. The molecule has 0 aromatic heterocycles. The Morgan fingerprint density at radius 2 is 2.30 bits per heavy atom. The summed E-state index contributed by atoms with van der Waals surface area (Å²) in [6.45, 7) is 1.73. The van der Waals surface area contributed by atoms with E-state index in [4.69, 9.17) is 10.2 Å². The van der Waals surface area contributed by atoms with E-state index in [1.807, 2.05) is 0 Å². The second kappa shape index (κ2) is 5.20. The van der Waals surface area contributed by atoms with Crippen molar-refractivity contribution in [3.63, 3.8) is 0 Å². The summed E-state index contributed by atoms with van der Waals surface area (Å²) in [7, 11) is 0. The average molecular weight is 147 g/mol. The lowest BCUT2D eigenvalue weighted by Gasteiger charge is -2.03. The topological polar surface area (TPSA) is 69.6 Å². The van der Waals surface area contributed by atoms with Crippen LogP contribution in [-0.4, -0.2) is 35.4 Å². The third kappa shape index (κ3) is 5.53. The molecule has 0 radical (unpaired) electrons. The SMILES string of the molecule is CC(O)CC(=O)NCCO. The molecule has 0 aliphatic rings. The maximum atomic E-state index is 10.6. The maximum absolute atomic E-state index is 10.6. The summed E-state index contributed by atoms with van der Waals surface area (Å²) in [6, 6.07) is 0. The molecule has 1 atom stereocenters. The van der Waals surface area contributed by atoms with Crippen LogP contribution in [0.5, 0.6) is 0 Å². The molecule has 1 unspecified atom stereocenters. The number of rotatable bonds is 4. The Hall–Kier alpha value is -0.610. The van der Waals surface area contributed by atoms with Crippen molar-refractivity contribution in [3.05, 3.63) is 0 Å². The highest BCUT2D eigenvalue weighted by atomic mass is 16.3. The van der Waals surface area contributed by atoms with Gasteiger partial charge in [-0.15, -0.1) is 0 Å². The summed E-state index contributed by atoms with van der Waals surface area (Å²) in [4.78, 5) is 10.6. The fourth-order valence-electron chi connectivity index (χ4n) is 0.536. The van der Waals surface area contributed by atoms with Gasteiger partial charge in [-0.3, -0.25) is 4.79 Å². The average Bonchev–Trinajstić information content (AvgIpc) is 1.82. The molecular formula is C6H13NO3. The first kappa shape index (κ1) is 9.39. The molecule has 4 nitrogen and oxygen atoms in total. The Kier molecular flexibility index (Phi) is 4.88. The summed E-state index contributed by atoms with van der Waals surface area (Å²) in [5.41, 5.74) is 0. The molecule has 0 saturated carbocycles. The zero-order valence-corrected chi connectivity index (χ0v) is 6.00. The van der Waals surface area contributed by atoms with Crippen molar-refractivity contribution in [2.24, 2.45) is 0 Å². The van der Waals surface area contributed by atoms with Gasteiger partial charge in [0, 0.05) is 6.54 Å². The predicted molar refractivity (Wildman–Crippen MR) is 36.4 cm³/mol. The van der Waals surface area contributed by atoms with E-state index in [1.165, 1.54) is 0 Å². The van der Waals surface area contributed by atoms with Gasteiger partial charge in [0.25, 0.3) is 0 Å². The highest BCUT2D eigenvalue weighted by Crippen LogP contribution is 1.87. The van der Waals surface area contributed by atoms with Gasteiger partial charge in [0.15, 0.2) is 0 Å². The highest BCUT2D eigenvalue weighted by Gasteiger charge is 2.03. The van der Waals surface area contributed by atoms with Crippen molar-refractivity contribution in [1.29, 1.82) is 0 Å². The number of hydrogen-bond donors (Lipinski definition) is 3. The number of amides is 1. The maximum Gasteiger partial charge on any atom is 0.222 e. The Bertz CT molecular complexity index is 103. The minimum Gasteiger partial charge on any atom is -0.395 e. The van der Waals surface area contributed by atoms with Gasteiger partial charge in [-0.25, -0.2) is 0 Å². The molecule has 3 N–H and O–H groups in total. The smallest absolute Gasteiger partial charge is 0.222 e. The molecule has 0 aliphatic carbocycles. The molecule has 60 valence electrons. The van der Waals surface area contributed by atoms with Crippen molar-refractivity contribution in [2.75, 3.05) is 13.2 Å². The summed E-state index contributed by atoms with van der Waals surface area (Å²) in [6.07, 6.45) is -0.515. The molecule has 0 spiro atoms. The van der Waals surface area contributed by atoms with Crippen molar-refractivity contribution in [2.45, 2.75) is 19.4 Å². The van der Waals surface area contributed by atoms with Gasteiger partial charge in [0.2, 0.25) is 5.91 Å². The minimum atomic E-state index is -0.612. The number of aliphatic hydroxyl groups excluding tert-OH is 2. The van der Waals surface area contributed by atoms with E-state index in [-0.39, 0.29) is 25.5 Å². The van der Waals surface area contributed by atoms with E-state index in [0.29, 0.717) is 0 Å². The number of aliphatic hydroxyl groups is 2. The monoisotopic (exact) mass is 147 g/mol. The van der Waals surface area contributed by atoms with Gasteiger partial charge in [-0.2, -0.15) is 0 Å². The zero-order chi connectivity index (χ0) is 7.98. The number of hydrogen-bond acceptors (Lipinski definition) is 3. The second-order valence-corrected chi connectivity index (χ2v) is 2.13. The molecule has 0 rings (SSSR count). The van der Waals surface area contributed by atoms with Crippen LogP contribution in [0.2, 0.25) is 0 Å². The predicted octanol–water partition coefficient (Wildman–Crippen LogP) is -1.13. The lowest BCUT2D eigenvalue weighted by molar-refractivity contribution is -0.122. The normalized spacial score (nSPS) is 12.7. The van der Waals surface area contributed by atoms with E-state index in [1.54, 1.807) is 6.92 Å². The van der Waals surface area contributed by atoms with Crippen LogP contribution < -0.4 is 5.32 Å². The standard InChI is InChI=1S/C6H13NO3/c1-5(9)4-6(10)7-2-3-8/h5,8-9H,2-4H2,1H3,(H,7,10). The molecule has 0 fully saturated rings. The highest BCUT2D eigenvalue weighted by molar-refractivity contribution is 5.76. The number of nitrogens with one attached hydrogen (secondary N) is 1. The van der Waals surface area contributed by atoms with Gasteiger partial charge in [0.1, 0.15) is 0 Å². The minimum absolute atomic E-state index is 0.0639. The summed E-state index contributed by atoms with van der Waals surface area (Å²) < 4.78 is 0. The summed E-state index contributed by atoms with van der Waals surface area (Å²) in [5.74, 6) is -0.232. The third-order valence-corrected chi connectivity index (χ3v) is 0.915. The molecule has 0 aromatic carbocycles. The first-order chi connectivity index (χ1) is 4.66. The van der Waals surface area contributed by atoms with Crippen LogP contribution >= 0.6 is 0 Å². The van der Waals surface area contributed by atoms with Crippen LogP contribution in [0.1, 0.15) is 13.3 Å². The first-order valence-corrected chi connectivity index (χ1v) is 3.22. The molecule has 0 saturated heterocycles. The van der Waals surface area contributed by atoms with Gasteiger partial charge < -0.3 is 15.5 Å². The Labute approximate surface area is 59.9 Å². The molecule has 0 bridgehead atoms. The lowest BCUT2D eigenvalue weighted by Crippen LogP contribution is -2.28. The van der Waals surface area contributed by atoms with Gasteiger partial charge in [0.05, 0.1) is 19.1 Å². The molecule has 10 heavy (non-hydrogen) atoms. The van der Waals surface area contributed by atoms with E-state index in [9.17, 15) is 4.79 Å². The van der Waals surface area contributed by atoms with Crippen molar-refractivity contribution in [1.82, 2.24) is 5.32 Å². The van der Waals surface area contributed by atoms with E-state index >= 15 is 0 Å². The molecule has 0 heterocycles. The summed E-state index contributed by atoms with van der Waals surface area (Å²) >= 11 is 0. The van der Waals surface area contributed by atoms with Gasteiger partial charge in [-0.05, 0) is 6.92 Å². The van der Waals surface area contributed by atoms with Crippen LogP contribution in [0, 0.1) is 0 Å². The third-order valence-electron chi connectivity index (χ3n) is 0.915. The van der Waals surface area contributed by atoms with E-state index in [2.05, 4.69) is 5.32 Å². The summed E-state index contributed by atoms with van der Waals surface area (Å²) in [5, 5.41) is 19.4. The van der Waals surface area contributed by atoms with Crippen LogP contribution in [-0.2, 0) is 4.79 Å². The van der Waals surface area contributed by atoms with Gasteiger partial charge in [-0.1, -0.05) is 0 Å². The Morgan fingerprint density at radius 3 is 2.70 bits per heavy atom. The van der Waals surface area contributed by atoms with Crippen molar-refractivity contribution in [3.8, 4) is 0 Å². The van der Waals surface area contributed by atoms with Crippen molar-refractivity contribution >= 4 is 5.91 Å². The quantitative estimate of drug-likeness (QED) is 0.471. The molecule has 1 amide bonds. The van der Waals surface area contributed by atoms with Crippen LogP contribution in [0.3, 0.4) is 0 Å². The lowest BCUT2D eigenvalue weighted by atomic mass is 10.3. The van der Waals surface area contributed by atoms with Gasteiger partial charge >= 0.3 is 0 Å². The van der Waals surface area contributed by atoms with Crippen molar-refractivity contribution < 1.29 is 15.0 Å². The molecule has 0 aliphatic heterocycles.